The van der Waals surface area contributed by atoms with Crippen LogP contribution in [0.1, 0.15) is 126 Å². The van der Waals surface area contributed by atoms with Crippen LogP contribution >= 0.6 is 68.0 Å². The third-order valence-corrected chi connectivity index (χ3v) is 16.6. The fourth-order valence-corrected chi connectivity index (χ4v) is 14.0. The third-order valence-electron chi connectivity index (χ3n) is 8.84. The average molecular weight is 697 g/mol. The lowest BCUT2D eigenvalue weighted by atomic mass is 10.1. The van der Waals surface area contributed by atoms with Gasteiger partial charge in [-0.05, 0) is 62.1 Å². The third kappa shape index (κ3) is 8.27. The van der Waals surface area contributed by atoms with Crippen LogP contribution in [0.25, 0.3) is 47.7 Å². The monoisotopic (exact) mass is 696 g/mol. The summed E-state index contributed by atoms with van der Waals surface area (Å²) in [4.78, 5) is 8.96. The molecule has 0 spiro atoms. The second-order valence-corrected chi connectivity index (χ2v) is 19.5. The van der Waals surface area contributed by atoms with E-state index in [9.17, 15) is 0 Å². The molecule has 6 rings (SSSR count). The van der Waals surface area contributed by atoms with E-state index < -0.39 is 0 Å². The molecule has 236 valence electrons. The number of aryl methyl sites for hydroxylation is 2. The van der Waals surface area contributed by atoms with Crippen molar-refractivity contribution >= 4 is 96.2 Å². The van der Waals surface area contributed by atoms with Crippen LogP contribution in [0, 0.1) is 0 Å². The highest BCUT2D eigenvalue weighted by molar-refractivity contribution is 7.50. The van der Waals surface area contributed by atoms with Gasteiger partial charge in [-0.3, -0.25) is 0 Å². The van der Waals surface area contributed by atoms with Crippen molar-refractivity contribution in [2.45, 2.75) is 129 Å². The van der Waals surface area contributed by atoms with E-state index >= 15 is 0 Å². The average Bonchev–Trinajstić information content (AvgIpc) is 3.85. The number of thiophene rings is 6. The number of unbranched alkanes of at least 4 members (excludes halogenated alkanes) is 14. The van der Waals surface area contributed by atoms with Gasteiger partial charge >= 0.3 is 0 Å². The summed E-state index contributed by atoms with van der Waals surface area (Å²) in [5, 5.41) is 2.98. The zero-order valence-corrected chi connectivity index (χ0v) is 31.5. The van der Waals surface area contributed by atoms with E-state index in [2.05, 4.69) is 50.2 Å². The molecule has 0 saturated heterocycles. The largest absolute Gasteiger partial charge is 0.139 e. The molecule has 0 unspecified atom stereocenters. The van der Waals surface area contributed by atoms with Gasteiger partial charge in [0, 0.05) is 40.0 Å². The van der Waals surface area contributed by atoms with Crippen LogP contribution in [-0.2, 0) is 12.8 Å². The summed E-state index contributed by atoms with van der Waals surface area (Å²) in [6.45, 7) is 4.60. The molecule has 0 amide bonds. The van der Waals surface area contributed by atoms with Crippen molar-refractivity contribution in [1.29, 1.82) is 0 Å². The summed E-state index contributed by atoms with van der Waals surface area (Å²) in [5.74, 6) is 0. The topological polar surface area (TPSA) is 0 Å². The Balaban J connectivity index is 1.03. The molecule has 6 heterocycles. The van der Waals surface area contributed by atoms with Crippen LogP contribution in [0.3, 0.4) is 0 Å². The summed E-state index contributed by atoms with van der Waals surface area (Å²) >= 11 is 12.1. The number of rotatable bonds is 20. The molecule has 0 saturated carbocycles. The van der Waals surface area contributed by atoms with E-state index in [0.29, 0.717) is 0 Å². The summed E-state index contributed by atoms with van der Waals surface area (Å²) in [6.07, 6.45) is 24.8. The molecule has 0 aliphatic heterocycles. The normalized spacial score (nSPS) is 12.1. The Bertz CT molecular complexity index is 1580. The maximum atomic E-state index is 2.49. The van der Waals surface area contributed by atoms with E-state index in [-0.39, 0.29) is 0 Å². The molecule has 0 bridgehead atoms. The highest BCUT2D eigenvalue weighted by Crippen LogP contribution is 2.52. The minimum atomic E-state index is 1.25. The molecule has 6 heteroatoms. The quantitative estimate of drug-likeness (QED) is 0.0697. The Labute approximate surface area is 289 Å². The molecule has 0 aliphatic carbocycles. The highest BCUT2D eigenvalue weighted by Gasteiger charge is 2.19. The first kappa shape index (κ1) is 32.9. The van der Waals surface area contributed by atoms with E-state index in [1.54, 1.807) is 9.75 Å². The van der Waals surface area contributed by atoms with Gasteiger partial charge in [-0.1, -0.05) is 104 Å². The number of hydrogen-bond donors (Lipinski definition) is 0. The Kier molecular flexibility index (Phi) is 12.5. The van der Waals surface area contributed by atoms with Crippen molar-refractivity contribution in [2.24, 2.45) is 0 Å². The van der Waals surface area contributed by atoms with Gasteiger partial charge in [0.15, 0.2) is 0 Å². The minimum absolute atomic E-state index is 1.25. The summed E-state index contributed by atoms with van der Waals surface area (Å²) in [6, 6.07) is 14.5. The molecular weight excluding hydrogens is 649 g/mol. The molecule has 6 aromatic rings. The Morgan fingerprint density at radius 3 is 1.18 bits per heavy atom. The minimum Gasteiger partial charge on any atom is -0.139 e. The molecule has 0 aromatic carbocycles. The van der Waals surface area contributed by atoms with Crippen molar-refractivity contribution < 1.29 is 0 Å². The lowest BCUT2D eigenvalue weighted by molar-refractivity contribution is 0.576. The molecular formula is C38H48S6. The molecule has 0 atom stereocenters. The van der Waals surface area contributed by atoms with Gasteiger partial charge in [0.05, 0.1) is 17.4 Å². The van der Waals surface area contributed by atoms with Gasteiger partial charge in [-0.25, -0.2) is 0 Å². The standard InChI is InChI=1S/C38H48S6/c1-3-5-7-9-11-13-15-17-19-27-21-23-31(39-27)33-25-29-35-36(43-37(29)41-33)30-26-34(42-38(30)44-35)32-24-22-28(40-32)20-18-16-14-12-10-8-6-4-2/h21-26H,3-20H2,1-2H3. The van der Waals surface area contributed by atoms with E-state index in [4.69, 9.17) is 0 Å². The van der Waals surface area contributed by atoms with E-state index in [1.165, 1.54) is 163 Å². The molecule has 0 fully saturated rings. The van der Waals surface area contributed by atoms with Gasteiger partial charge in [-0.2, -0.15) is 0 Å². The second-order valence-electron chi connectivity index (χ2n) is 12.5. The maximum absolute atomic E-state index is 2.49. The first-order valence-corrected chi connectivity index (χ1v) is 22.2. The van der Waals surface area contributed by atoms with E-state index in [1.807, 2.05) is 68.0 Å². The molecule has 0 aliphatic rings. The lowest BCUT2D eigenvalue weighted by Crippen LogP contribution is -1.83. The van der Waals surface area contributed by atoms with Crippen LogP contribution in [0.4, 0.5) is 0 Å². The predicted molar refractivity (Wildman–Crippen MR) is 210 cm³/mol. The smallest absolute Gasteiger partial charge is 0.0893 e. The molecule has 6 aromatic heterocycles. The predicted octanol–water partition coefficient (Wildman–Crippen LogP) is 16.2. The SMILES string of the molecule is CCCCCCCCCCc1ccc(-c2cc3c(s2)sc2c4cc(-c5ccc(CCCCCCCCCC)s5)sc4sc32)s1. The van der Waals surface area contributed by atoms with Gasteiger partial charge in [0.25, 0.3) is 0 Å². The van der Waals surface area contributed by atoms with Gasteiger partial charge < -0.3 is 0 Å². The maximum Gasteiger partial charge on any atom is 0.0893 e. The Morgan fingerprint density at radius 1 is 0.386 bits per heavy atom. The Hall–Kier alpha value is -1.02. The number of hydrogen-bond acceptors (Lipinski definition) is 6. The fraction of sp³-hybridized carbons (Fsp3) is 0.526. The fourth-order valence-electron chi connectivity index (χ4n) is 6.25. The van der Waals surface area contributed by atoms with E-state index in [0.717, 1.165) is 0 Å². The lowest BCUT2D eigenvalue weighted by Gasteiger charge is -2.00. The summed E-state index contributed by atoms with van der Waals surface area (Å²) in [7, 11) is 0. The first-order valence-electron chi connectivity index (χ1n) is 17.3. The molecule has 44 heavy (non-hydrogen) atoms. The van der Waals surface area contributed by atoms with Gasteiger partial charge in [0.2, 0.25) is 0 Å². The van der Waals surface area contributed by atoms with Crippen LogP contribution in [0.2, 0.25) is 0 Å². The summed E-state index contributed by atoms with van der Waals surface area (Å²) < 4.78 is 6.02. The highest BCUT2D eigenvalue weighted by atomic mass is 32.2. The van der Waals surface area contributed by atoms with Crippen LogP contribution in [0.15, 0.2) is 36.4 Å². The second kappa shape index (κ2) is 16.7. The van der Waals surface area contributed by atoms with Crippen molar-refractivity contribution in [2.75, 3.05) is 0 Å². The van der Waals surface area contributed by atoms with Gasteiger partial charge in [-0.15, -0.1) is 68.0 Å². The first-order chi connectivity index (χ1) is 21.7. The zero-order chi connectivity index (χ0) is 30.1. The molecule has 0 nitrogen and oxygen atoms in total. The zero-order valence-electron chi connectivity index (χ0n) is 26.6. The Morgan fingerprint density at radius 2 is 0.773 bits per heavy atom. The van der Waals surface area contributed by atoms with Crippen molar-refractivity contribution in [1.82, 2.24) is 0 Å². The summed E-state index contributed by atoms with van der Waals surface area (Å²) in [5.41, 5.74) is 0. The van der Waals surface area contributed by atoms with Crippen molar-refractivity contribution in [3.63, 3.8) is 0 Å². The number of fused-ring (bicyclic) bond motifs is 5. The molecule has 0 radical (unpaired) electrons. The van der Waals surface area contributed by atoms with Crippen LogP contribution < -0.4 is 0 Å². The van der Waals surface area contributed by atoms with Crippen LogP contribution in [0.5, 0.6) is 0 Å². The van der Waals surface area contributed by atoms with Gasteiger partial charge in [0.1, 0.15) is 0 Å². The van der Waals surface area contributed by atoms with Crippen molar-refractivity contribution in [3.05, 3.63) is 46.2 Å². The van der Waals surface area contributed by atoms with Crippen molar-refractivity contribution in [3.8, 4) is 19.5 Å². The van der Waals surface area contributed by atoms with Crippen LogP contribution in [-0.4, -0.2) is 0 Å². The molecule has 0 N–H and O–H groups in total.